The summed E-state index contributed by atoms with van der Waals surface area (Å²) in [6.45, 7) is 1.12. The van der Waals surface area contributed by atoms with E-state index in [1.807, 2.05) is 9.25 Å². The standard InChI is InChI=1S/C19H21N9O5S2/c1-33-24-11(14-23-19(20)35-25-14)15(29)22-12-16(30)28-13(18(31)32)9(7-34-17(12)28)6-26-8-21-27-5-3-2-4-10(26)27/h8,12,17H,2-7H2,1H3,(H3-,20,22,23,25,29,31,32)/b24-11-/t12-,17-/m1/s1. The van der Waals surface area contributed by atoms with Crippen LogP contribution in [0, 0.1) is 0 Å². The molecule has 3 aliphatic rings. The van der Waals surface area contributed by atoms with Crippen molar-refractivity contribution in [3.05, 3.63) is 29.2 Å². The zero-order valence-electron chi connectivity index (χ0n) is 18.5. The molecule has 5 rings (SSSR count). The fourth-order valence-electron chi connectivity index (χ4n) is 4.36. The molecule has 1 saturated heterocycles. The highest BCUT2D eigenvalue weighted by Gasteiger charge is 2.53. The molecule has 35 heavy (non-hydrogen) atoms. The van der Waals surface area contributed by atoms with E-state index >= 15 is 0 Å². The normalized spacial score (nSPS) is 21.8. The number of nitrogens with zero attached hydrogens (tertiary/aromatic N) is 7. The minimum absolute atomic E-state index is 0.0362. The molecule has 0 bridgehead atoms. The molecule has 14 nitrogen and oxygen atoms in total. The van der Waals surface area contributed by atoms with E-state index in [4.69, 9.17) is 10.6 Å². The highest BCUT2D eigenvalue weighted by molar-refractivity contribution is 8.00. The monoisotopic (exact) mass is 519 g/mol. The number of oxime groups is 1. The predicted octanol–water partition coefficient (Wildman–Crippen LogP) is -2.60. The molecule has 2 aromatic heterocycles. The van der Waals surface area contributed by atoms with E-state index in [0.717, 1.165) is 43.2 Å². The summed E-state index contributed by atoms with van der Waals surface area (Å²) >= 11 is 2.24. The highest BCUT2D eigenvalue weighted by atomic mass is 32.2. The predicted molar refractivity (Wildman–Crippen MR) is 120 cm³/mol. The Morgan fingerprint density at radius 2 is 2.26 bits per heavy atom. The Hall–Kier alpha value is -3.53. The second-order valence-corrected chi connectivity index (χ2v) is 9.92. The number of carbonyl (C=O) groups excluding carboxylic acids is 3. The number of aliphatic carboxylic acids is 1. The van der Waals surface area contributed by atoms with Crippen LogP contribution in [-0.4, -0.2) is 71.8 Å². The van der Waals surface area contributed by atoms with Gasteiger partial charge < -0.3 is 25.8 Å². The van der Waals surface area contributed by atoms with Crippen molar-refractivity contribution < 1.29 is 28.9 Å². The van der Waals surface area contributed by atoms with Crippen LogP contribution < -0.4 is 20.7 Å². The van der Waals surface area contributed by atoms with Gasteiger partial charge in [0.1, 0.15) is 25.1 Å². The number of aromatic nitrogens is 5. The molecule has 0 aromatic carbocycles. The maximum Gasteiger partial charge on any atom is 0.278 e. The lowest BCUT2D eigenvalue weighted by Crippen LogP contribution is -2.71. The minimum Gasteiger partial charge on any atom is -0.543 e. The summed E-state index contributed by atoms with van der Waals surface area (Å²) in [6, 6.07) is -0.960. The number of thioether (sulfide) groups is 1. The number of nitrogen functional groups attached to an aromatic ring is 1. The number of carbonyl (C=O) groups is 3. The Morgan fingerprint density at radius 3 is 2.97 bits per heavy atom. The van der Waals surface area contributed by atoms with Crippen LogP contribution in [0.15, 0.2) is 22.8 Å². The summed E-state index contributed by atoms with van der Waals surface area (Å²) in [5.41, 5.74) is 5.73. The Labute approximate surface area is 207 Å². The van der Waals surface area contributed by atoms with Crippen molar-refractivity contribution in [2.75, 3.05) is 18.6 Å². The molecular formula is C19H21N9O5S2. The van der Waals surface area contributed by atoms with E-state index in [0.29, 0.717) is 17.9 Å². The molecule has 0 unspecified atom stereocenters. The van der Waals surface area contributed by atoms with Crippen LogP contribution in [0.2, 0.25) is 0 Å². The maximum absolute atomic E-state index is 13.0. The van der Waals surface area contributed by atoms with Crippen molar-refractivity contribution in [3.8, 4) is 0 Å². The van der Waals surface area contributed by atoms with Crippen molar-refractivity contribution in [1.82, 2.24) is 29.4 Å². The van der Waals surface area contributed by atoms with Gasteiger partial charge in [-0.1, -0.05) is 5.16 Å². The Morgan fingerprint density at radius 1 is 1.43 bits per heavy atom. The van der Waals surface area contributed by atoms with E-state index in [9.17, 15) is 19.5 Å². The van der Waals surface area contributed by atoms with Gasteiger partial charge in [-0.05, 0) is 18.4 Å². The van der Waals surface area contributed by atoms with Gasteiger partial charge in [-0.3, -0.25) is 14.5 Å². The third-order valence-electron chi connectivity index (χ3n) is 5.92. The first kappa shape index (κ1) is 23.2. The Balaban J connectivity index is 1.35. The average Bonchev–Trinajstić information content (AvgIpc) is 3.46. The van der Waals surface area contributed by atoms with E-state index < -0.39 is 29.2 Å². The lowest BCUT2D eigenvalue weighted by Gasteiger charge is -2.50. The molecule has 0 saturated carbocycles. The van der Waals surface area contributed by atoms with Gasteiger partial charge in [-0.15, -0.1) is 16.4 Å². The molecule has 3 N–H and O–H groups in total. The molecule has 3 aliphatic heterocycles. The zero-order valence-corrected chi connectivity index (χ0v) is 20.2. The molecule has 0 aliphatic carbocycles. The lowest BCUT2D eigenvalue weighted by molar-refractivity contribution is -0.697. The summed E-state index contributed by atoms with van der Waals surface area (Å²) < 4.78 is 7.79. The van der Waals surface area contributed by atoms with Crippen molar-refractivity contribution in [2.45, 2.75) is 43.8 Å². The van der Waals surface area contributed by atoms with Crippen LogP contribution in [0.3, 0.4) is 0 Å². The highest BCUT2D eigenvalue weighted by Crippen LogP contribution is 2.40. The Kier molecular flexibility index (Phi) is 6.14. The van der Waals surface area contributed by atoms with Gasteiger partial charge in [0.05, 0.1) is 18.2 Å². The van der Waals surface area contributed by atoms with Gasteiger partial charge in [-0.2, -0.15) is 9.36 Å². The Bertz CT molecular complexity index is 1270. The third-order valence-corrected chi connectivity index (χ3v) is 7.80. The van der Waals surface area contributed by atoms with Crippen molar-refractivity contribution in [2.24, 2.45) is 5.16 Å². The number of fused-ring (bicyclic) bond motifs is 2. The van der Waals surface area contributed by atoms with Gasteiger partial charge in [-0.25, -0.2) is 4.57 Å². The first-order chi connectivity index (χ1) is 16.9. The minimum atomic E-state index is -1.44. The second-order valence-electron chi connectivity index (χ2n) is 8.03. The quantitative estimate of drug-likeness (QED) is 0.170. The van der Waals surface area contributed by atoms with E-state index in [2.05, 4.69) is 24.9 Å². The number of anilines is 1. The maximum atomic E-state index is 13.0. The summed E-state index contributed by atoms with van der Waals surface area (Å²) in [4.78, 5) is 47.7. The lowest BCUT2D eigenvalue weighted by atomic mass is 10.0. The van der Waals surface area contributed by atoms with Crippen LogP contribution in [0.1, 0.15) is 24.5 Å². The number of carboxylic acids is 1. The molecule has 1 fully saturated rings. The molecule has 0 spiro atoms. The van der Waals surface area contributed by atoms with Crippen LogP contribution in [0.4, 0.5) is 5.13 Å². The van der Waals surface area contributed by atoms with E-state index in [1.165, 1.54) is 23.8 Å². The first-order valence-electron chi connectivity index (χ1n) is 10.7. The number of β-lactam (4-membered cyclic amide) rings is 1. The third kappa shape index (κ3) is 4.12. The van der Waals surface area contributed by atoms with Crippen LogP contribution >= 0.6 is 23.3 Å². The fraction of sp³-hybridized carbons (Fsp3) is 0.474. The number of aryl methyl sites for hydroxylation is 1. The van der Waals surface area contributed by atoms with Crippen LogP contribution in [-0.2, 0) is 38.7 Å². The van der Waals surface area contributed by atoms with Crippen LogP contribution in [0.5, 0.6) is 0 Å². The molecule has 0 radical (unpaired) electrons. The largest absolute Gasteiger partial charge is 0.543 e. The van der Waals surface area contributed by atoms with Gasteiger partial charge >= 0.3 is 0 Å². The van der Waals surface area contributed by atoms with E-state index in [1.54, 1.807) is 6.33 Å². The number of hydrogen-bond acceptors (Lipinski definition) is 12. The van der Waals surface area contributed by atoms with Gasteiger partial charge in [0.2, 0.25) is 17.4 Å². The van der Waals surface area contributed by atoms with Crippen molar-refractivity contribution >= 4 is 51.9 Å². The van der Waals surface area contributed by atoms with E-state index in [-0.39, 0.29) is 22.4 Å². The molecule has 5 heterocycles. The summed E-state index contributed by atoms with van der Waals surface area (Å²) in [5, 5.41) is 22.2. The van der Waals surface area contributed by atoms with Gasteiger partial charge in [0.25, 0.3) is 18.1 Å². The molecule has 2 aromatic rings. The van der Waals surface area contributed by atoms with Crippen molar-refractivity contribution in [3.63, 3.8) is 0 Å². The molecule has 16 heteroatoms. The molecule has 2 amide bonds. The summed E-state index contributed by atoms with van der Waals surface area (Å²) in [7, 11) is 1.25. The fourth-order valence-corrected chi connectivity index (χ4v) is 6.13. The first-order valence-corrected chi connectivity index (χ1v) is 12.5. The smallest absolute Gasteiger partial charge is 0.278 e. The van der Waals surface area contributed by atoms with Gasteiger partial charge in [0.15, 0.2) is 5.13 Å². The van der Waals surface area contributed by atoms with Crippen LogP contribution in [0.25, 0.3) is 0 Å². The number of nitrogens with one attached hydrogen (secondary N) is 1. The number of carboxylic acid groups (broad SMARTS) is 1. The number of hydrogen-bond donors (Lipinski definition) is 2. The molecule has 184 valence electrons. The summed E-state index contributed by atoms with van der Waals surface area (Å²) in [5.74, 6) is -1.40. The van der Waals surface area contributed by atoms with Gasteiger partial charge in [0, 0.05) is 28.8 Å². The number of amides is 2. The SMILES string of the molecule is CO/N=C(\C(=O)N[C@@H]1C(=O)N2C(C(=O)[O-])=C(C[n+]3cnn4c3CCCC4)CS[C@H]12)c1nsc(N)n1. The topological polar surface area (TPSA) is 185 Å². The molecule has 2 atom stereocenters. The number of rotatable bonds is 7. The molecular weight excluding hydrogens is 498 g/mol. The van der Waals surface area contributed by atoms with Crippen molar-refractivity contribution in [1.29, 1.82) is 0 Å². The number of nitrogens with two attached hydrogens (primary N) is 1. The average molecular weight is 520 g/mol. The second kappa shape index (κ2) is 9.26. The summed E-state index contributed by atoms with van der Waals surface area (Å²) in [6.07, 6.45) is 4.63. The zero-order chi connectivity index (χ0) is 24.7.